The predicted molar refractivity (Wildman–Crippen MR) is 58.3 cm³/mol. The maximum atomic E-state index is 9.47. The molecule has 2 heteroatoms. The van der Waals surface area contributed by atoms with Gasteiger partial charge in [0, 0.05) is 0 Å². The zero-order chi connectivity index (χ0) is 10.6. The van der Waals surface area contributed by atoms with Gasteiger partial charge in [-0.05, 0) is 31.5 Å². The maximum absolute atomic E-state index is 9.47. The Morgan fingerprint density at radius 1 is 1.21 bits per heavy atom. The van der Waals surface area contributed by atoms with Crippen molar-refractivity contribution in [3.63, 3.8) is 0 Å². The summed E-state index contributed by atoms with van der Waals surface area (Å²) >= 11 is 0. The number of hydrogen-bond donors (Lipinski definition) is 1. The third-order valence-electron chi connectivity index (χ3n) is 1.80. The molecule has 0 unspecified atom stereocenters. The van der Waals surface area contributed by atoms with Crippen molar-refractivity contribution < 1.29 is 9.84 Å². The highest BCUT2D eigenvalue weighted by atomic mass is 16.5. The Balaban J connectivity index is 2.74. The summed E-state index contributed by atoms with van der Waals surface area (Å²) in [5.74, 6) is 0.838. The van der Waals surface area contributed by atoms with Gasteiger partial charge in [0.05, 0.1) is 12.7 Å². The van der Waals surface area contributed by atoms with Crippen molar-refractivity contribution in [2.75, 3.05) is 7.11 Å². The van der Waals surface area contributed by atoms with E-state index in [1.807, 2.05) is 30.3 Å². The zero-order valence-electron chi connectivity index (χ0n) is 8.82. The molecular weight excluding hydrogens is 176 g/mol. The van der Waals surface area contributed by atoms with Gasteiger partial charge in [-0.2, -0.15) is 0 Å². The van der Waals surface area contributed by atoms with Crippen molar-refractivity contribution in [1.29, 1.82) is 0 Å². The van der Waals surface area contributed by atoms with Gasteiger partial charge in [-0.25, -0.2) is 0 Å². The average Bonchev–Trinajstić information content (AvgIpc) is 2.14. The Bertz CT molecular complexity index is 304. The van der Waals surface area contributed by atoms with Crippen molar-refractivity contribution in [3.05, 3.63) is 35.9 Å². The first-order valence-electron chi connectivity index (χ1n) is 4.57. The van der Waals surface area contributed by atoms with Crippen LogP contribution in [0.15, 0.2) is 30.3 Å². The molecule has 0 aliphatic rings. The van der Waals surface area contributed by atoms with Crippen LogP contribution in [-0.4, -0.2) is 17.8 Å². The van der Waals surface area contributed by atoms with Crippen LogP contribution in [0.25, 0.3) is 6.08 Å². The third-order valence-corrected chi connectivity index (χ3v) is 1.80. The highest BCUT2D eigenvalue weighted by molar-refractivity contribution is 5.51. The SMILES string of the molecule is COc1ccc(/C=C/C(C)(C)O)cc1. The number of hydrogen-bond acceptors (Lipinski definition) is 2. The number of benzene rings is 1. The van der Waals surface area contributed by atoms with Gasteiger partial charge in [0.15, 0.2) is 0 Å². The van der Waals surface area contributed by atoms with E-state index in [1.165, 1.54) is 0 Å². The summed E-state index contributed by atoms with van der Waals surface area (Å²) < 4.78 is 5.04. The molecule has 0 heterocycles. The zero-order valence-corrected chi connectivity index (χ0v) is 8.82. The minimum atomic E-state index is -0.764. The smallest absolute Gasteiger partial charge is 0.118 e. The van der Waals surface area contributed by atoms with Gasteiger partial charge in [0.25, 0.3) is 0 Å². The third kappa shape index (κ3) is 3.62. The normalized spacial score (nSPS) is 12.0. The molecule has 0 fully saturated rings. The second-order valence-corrected chi connectivity index (χ2v) is 3.76. The van der Waals surface area contributed by atoms with E-state index in [2.05, 4.69) is 0 Å². The Morgan fingerprint density at radius 2 is 1.79 bits per heavy atom. The predicted octanol–water partition coefficient (Wildman–Crippen LogP) is 2.48. The molecule has 1 rings (SSSR count). The Labute approximate surface area is 84.8 Å². The fraction of sp³-hybridized carbons (Fsp3) is 0.333. The molecule has 0 saturated heterocycles. The lowest BCUT2D eigenvalue weighted by molar-refractivity contribution is 0.134. The van der Waals surface area contributed by atoms with Crippen LogP contribution < -0.4 is 4.74 Å². The van der Waals surface area contributed by atoms with Gasteiger partial charge in [-0.1, -0.05) is 24.3 Å². The highest BCUT2D eigenvalue weighted by Gasteiger charge is 2.05. The van der Waals surface area contributed by atoms with Crippen LogP contribution in [-0.2, 0) is 0 Å². The molecule has 0 radical (unpaired) electrons. The second-order valence-electron chi connectivity index (χ2n) is 3.76. The molecule has 1 aromatic rings. The lowest BCUT2D eigenvalue weighted by atomic mass is 10.1. The minimum absolute atomic E-state index is 0.764. The summed E-state index contributed by atoms with van der Waals surface area (Å²) in [6.07, 6.45) is 3.65. The molecule has 1 aromatic carbocycles. The van der Waals surface area contributed by atoms with E-state index in [-0.39, 0.29) is 0 Å². The van der Waals surface area contributed by atoms with E-state index in [0.29, 0.717) is 0 Å². The number of ether oxygens (including phenoxy) is 1. The molecule has 0 atom stereocenters. The van der Waals surface area contributed by atoms with E-state index in [4.69, 9.17) is 4.74 Å². The summed E-state index contributed by atoms with van der Waals surface area (Å²) in [6.45, 7) is 3.49. The van der Waals surface area contributed by atoms with E-state index >= 15 is 0 Å². The van der Waals surface area contributed by atoms with Crippen LogP contribution in [0.5, 0.6) is 5.75 Å². The summed E-state index contributed by atoms with van der Waals surface area (Å²) in [5.41, 5.74) is 0.285. The van der Waals surface area contributed by atoms with Crippen LogP contribution >= 0.6 is 0 Å². The van der Waals surface area contributed by atoms with Crippen LogP contribution in [0.1, 0.15) is 19.4 Å². The van der Waals surface area contributed by atoms with Gasteiger partial charge in [0.2, 0.25) is 0 Å². The highest BCUT2D eigenvalue weighted by Crippen LogP contribution is 2.14. The van der Waals surface area contributed by atoms with Crippen molar-refractivity contribution >= 4 is 6.08 Å². The number of methoxy groups -OCH3 is 1. The molecule has 0 aliphatic heterocycles. The van der Waals surface area contributed by atoms with Crippen LogP contribution in [0, 0.1) is 0 Å². The van der Waals surface area contributed by atoms with Crippen LogP contribution in [0.4, 0.5) is 0 Å². The standard InChI is InChI=1S/C12H16O2/c1-12(2,13)9-8-10-4-6-11(14-3)7-5-10/h4-9,13H,1-3H3/b9-8+. The molecule has 1 N–H and O–H groups in total. The summed E-state index contributed by atoms with van der Waals surface area (Å²) in [5, 5.41) is 9.47. The van der Waals surface area contributed by atoms with Gasteiger partial charge in [-0.15, -0.1) is 0 Å². The minimum Gasteiger partial charge on any atom is -0.497 e. The first kappa shape index (κ1) is 10.8. The molecule has 76 valence electrons. The molecular formula is C12H16O2. The number of aliphatic hydroxyl groups is 1. The largest absolute Gasteiger partial charge is 0.497 e. The van der Waals surface area contributed by atoms with Crippen molar-refractivity contribution in [1.82, 2.24) is 0 Å². The fourth-order valence-electron chi connectivity index (χ4n) is 1.02. The van der Waals surface area contributed by atoms with E-state index in [9.17, 15) is 5.11 Å². The van der Waals surface area contributed by atoms with Gasteiger partial charge in [-0.3, -0.25) is 0 Å². The lowest BCUT2D eigenvalue weighted by Crippen LogP contribution is -2.13. The monoisotopic (exact) mass is 192 g/mol. The van der Waals surface area contributed by atoms with Crippen molar-refractivity contribution in [3.8, 4) is 5.75 Å². The Kier molecular flexibility index (Phi) is 3.31. The topological polar surface area (TPSA) is 29.5 Å². The number of rotatable bonds is 3. The first-order valence-corrected chi connectivity index (χ1v) is 4.57. The fourth-order valence-corrected chi connectivity index (χ4v) is 1.02. The van der Waals surface area contributed by atoms with Crippen molar-refractivity contribution in [2.45, 2.75) is 19.4 Å². The molecule has 0 bridgehead atoms. The molecule has 0 spiro atoms. The lowest BCUT2D eigenvalue weighted by Gasteiger charge is -2.10. The molecule has 0 saturated carbocycles. The summed E-state index contributed by atoms with van der Waals surface area (Å²) in [7, 11) is 1.64. The quantitative estimate of drug-likeness (QED) is 0.797. The first-order chi connectivity index (χ1) is 6.51. The van der Waals surface area contributed by atoms with Gasteiger partial charge in [0.1, 0.15) is 5.75 Å². The van der Waals surface area contributed by atoms with E-state index in [1.54, 1.807) is 27.0 Å². The van der Waals surface area contributed by atoms with Crippen molar-refractivity contribution in [2.24, 2.45) is 0 Å². The van der Waals surface area contributed by atoms with Crippen LogP contribution in [0.2, 0.25) is 0 Å². The second kappa shape index (κ2) is 4.29. The van der Waals surface area contributed by atoms with Gasteiger partial charge >= 0.3 is 0 Å². The van der Waals surface area contributed by atoms with Gasteiger partial charge < -0.3 is 9.84 Å². The molecule has 0 aromatic heterocycles. The van der Waals surface area contributed by atoms with E-state index < -0.39 is 5.60 Å². The Morgan fingerprint density at radius 3 is 2.21 bits per heavy atom. The molecule has 14 heavy (non-hydrogen) atoms. The van der Waals surface area contributed by atoms with E-state index in [0.717, 1.165) is 11.3 Å². The average molecular weight is 192 g/mol. The van der Waals surface area contributed by atoms with Crippen LogP contribution in [0.3, 0.4) is 0 Å². The Hall–Kier alpha value is -1.28. The summed E-state index contributed by atoms with van der Waals surface area (Å²) in [6, 6.07) is 7.68. The summed E-state index contributed by atoms with van der Waals surface area (Å²) in [4.78, 5) is 0. The molecule has 0 aliphatic carbocycles. The molecule has 0 amide bonds. The molecule has 2 nitrogen and oxygen atoms in total. The maximum Gasteiger partial charge on any atom is 0.118 e.